The van der Waals surface area contributed by atoms with Gasteiger partial charge in [-0.2, -0.15) is 0 Å². The summed E-state index contributed by atoms with van der Waals surface area (Å²) in [4.78, 5) is 19.3. The standard InChI is InChI=1S/C20H21ClN2O3S2/c1-4-26-19-15(21)9-13(10-17(19)25-3)20(24)22-8-7-14-5-6-18(28-14)16-11-27-12(2)23-16/h5-6,9-11H,4,7-8H2,1-3H3,(H,22,24). The SMILES string of the molecule is CCOc1c(Cl)cc(C(=O)NCCc2ccc(-c3csc(C)n3)s2)cc1OC. The predicted octanol–water partition coefficient (Wildman–Crippen LogP) is 5.21. The lowest BCUT2D eigenvalue weighted by atomic mass is 10.2. The minimum Gasteiger partial charge on any atom is -0.493 e. The van der Waals surface area contributed by atoms with Crippen LogP contribution < -0.4 is 14.8 Å². The van der Waals surface area contributed by atoms with E-state index in [0.717, 1.165) is 22.0 Å². The summed E-state index contributed by atoms with van der Waals surface area (Å²) >= 11 is 9.58. The molecule has 2 aromatic heterocycles. The lowest BCUT2D eigenvalue weighted by molar-refractivity contribution is 0.0954. The number of hydrogen-bond donors (Lipinski definition) is 1. The molecule has 0 radical (unpaired) electrons. The van der Waals surface area contributed by atoms with Crippen LogP contribution >= 0.6 is 34.3 Å². The highest BCUT2D eigenvalue weighted by Gasteiger charge is 2.15. The number of carbonyl (C=O) groups is 1. The van der Waals surface area contributed by atoms with Gasteiger partial charge in [-0.15, -0.1) is 22.7 Å². The second-order valence-corrected chi connectivity index (χ2v) is 8.58. The Morgan fingerprint density at radius 3 is 2.82 bits per heavy atom. The number of methoxy groups -OCH3 is 1. The van der Waals surface area contributed by atoms with Crippen LogP contribution in [0.5, 0.6) is 11.5 Å². The normalized spacial score (nSPS) is 10.7. The fraction of sp³-hybridized carbons (Fsp3) is 0.300. The molecule has 0 atom stereocenters. The van der Waals surface area contributed by atoms with Gasteiger partial charge in [0.2, 0.25) is 0 Å². The van der Waals surface area contributed by atoms with E-state index in [9.17, 15) is 4.79 Å². The van der Waals surface area contributed by atoms with Crippen molar-refractivity contribution in [2.45, 2.75) is 20.3 Å². The van der Waals surface area contributed by atoms with Crippen molar-refractivity contribution in [1.82, 2.24) is 10.3 Å². The molecule has 0 bridgehead atoms. The zero-order valence-corrected chi connectivity index (χ0v) is 18.3. The van der Waals surface area contributed by atoms with E-state index in [1.54, 1.807) is 34.8 Å². The number of amides is 1. The monoisotopic (exact) mass is 436 g/mol. The summed E-state index contributed by atoms with van der Waals surface area (Å²) in [6.07, 6.45) is 0.751. The van der Waals surface area contributed by atoms with E-state index in [1.165, 1.54) is 12.0 Å². The van der Waals surface area contributed by atoms with Crippen molar-refractivity contribution in [2.75, 3.05) is 20.3 Å². The van der Waals surface area contributed by atoms with Crippen molar-refractivity contribution in [3.05, 3.63) is 50.1 Å². The van der Waals surface area contributed by atoms with E-state index in [0.29, 0.717) is 35.2 Å². The lowest BCUT2D eigenvalue weighted by Crippen LogP contribution is -2.25. The van der Waals surface area contributed by atoms with Gasteiger partial charge in [0, 0.05) is 22.4 Å². The maximum absolute atomic E-state index is 12.5. The van der Waals surface area contributed by atoms with Crippen LogP contribution in [0.4, 0.5) is 0 Å². The Kier molecular flexibility index (Phi) is 6.93. The van der Waals surface area contributed by atoms with Gasteiger partial charge >= 0.3 is 0 Å². The molecule has 3 rings (SSSR count). The van der Waals surface area contributed by atoms with Crippen molar-refractivity contribution in [3.63, 3.8) is 0 Å². The molecule has 0 saturated carbocycles. The molecule has 3 aromatic rings. The maximum Gasteiger partial charge on any atom is 0.251 e. The van der Waals surface area contributed by atoms with Gasteiger partial charge in [-0.05, 0) is 44.5 Å². The van der Waals surface area contributed by atoms with Gasteiger partial charge in [-0.25, -0.2) is 4.98 Å². The van der Waals surface area contributed by atoms with Crippen LogP contribution in [0.25, 0.3) is 10.6 Å². The molecule has 2 heterocycles. The van der Waals surface area contributed by atoms with E-state index in [4.69, 9.17) is 21.1 Å². The van der Waals surface area contributed by atoms with Crippen LogP contribution in [-0.4, -0.2) is 31.2 Å². The summed E-state index contributed by atoms with van der Waals surface area (Å²) in [7, 11) is 1.52. The topological polar surface area (TPSA) is 60.5 Å². The van der Waals surface area contributed by atoms with Crippen LogP contribution in [0.2, 0.25) is 5.02 Å². The summed E-state index contributed by atoms with van der Waals surface area (Å²) in [5.41, 5.74) is 1.45. The first kappa shape index (κ1) is 20.6. The number of nitrogens with zero attached hydrogens (tertiary/aromatic N) is 1. The predicted molar refractivity (Wildman–Crippen MR) is 115 cm³/mol. The minimum atomic E-state index is -0.199. The Morgan fingerprint density at radius 1 is 1.32 bits per heavy atom. The Bertz CT molecular complexity index is 968. The van der Waals surface area contributed by atoms with Crippen molar-refractivity contribution >= 4 is 40.2 Å². The Labute approximate surface area is 177 Å². The van der Waals surface area contributed by atoms with Crippen LogP contribution in [0.3, 0.4) is 0 Å². The maximum atomic E-state index is 12.5. The van der Waals surface area contributed by atoms with E-state index >= 15 is 0 Å². The summed E-state index contributed by atoms with van der Waals surface area (Å²) in [6, 6.07) is 7.39. The fourth-order valence-electron chi connectivity index (χ4n) is 2.66. The highest BCUT2D eigenvalue weighted by Crippen LogP contribution is 2.36. The van der Waals surface area contributed by atoms with Crippen LogP contribution in [0, 0.1) is 6.92 Å². The molecule has 0 unspecified atom stereocenters. The number of hydrogen-bond acceptors (Lipinski definition) is 6. The van der Waals surface area contributed by atoms with E-state index in [-0.39, 0.29) is 5.91 Å². The van der Waals surface area contributed by atoms with E-state index in [2.05, 4.69) is 27.8 Å². The molecule has 0 saturated heterocycles. The Balaban J connectivity index is 1.60. The van der Waals surface area contributed by atoms with Gasteiger partial charge in [0.1, 0.15) is 0 Å². The van der Waals surface area contributed by atoms with Crippen molar-refractivity contribution in [2.24, 2.45) is 0 Å². The molecule has 1 N–H and O–H groups in total. The third-order valence-electron chi connectivity index (χ3n) is 3.97. The summed E-state index contributed by atoms with van der Waals surface area (Å²) in [5.74, 6) is 0.697. The number of carbonyl (C=O) groups excluding carboxylic acids is 1. The van der Waals surface area contributed by atoms with Crippen molar-refractivity contribution < 1.29 is 14.3 Å². The van der Waals surface area contributed by atoms with Crippen LogP contribution in [0.15, 0.2) is 29.6 Å². The molecular weight excluding hydrogens is 416 g/mol. The van der Waals surface area contributed by atoms with Crippen molar-refractivity contribution in [1.29, 1.82) is 0 Å². The smallest absolute Gasteiger partial charge is 0.251 e. The Morgan fingerprint density at radius 2 is 2.14 bits per heavy atom. The van der Waals surface area contributed by atoms with E-state index < -0.39 is 0 Å². The molecule has 148 valence electrons. The molecule has 1 aromatic carbocycles. The lowest BCUT2D eigenvalue weighted by Gasteiger charge is -2.13. The molecule has 0 aliphatic rings. The third-order valence-corrected chi connectivity index (χ3v) is 6.19. The average molecular weight is 437 g/mol. The Hall–Kier alpha value is -2.09. The van der Waals surface area contributed by atoms with Gasteiger partial charge in [-0.1, -0.05) is 11.6 Å². The molecule has 0 fully saturated rings. The van der Waals surface area contributed by atoms with Gasteiger partial charge in [0.25, 0.3) is 5.91 Å². The first-order valence-electron chi connectivity index (χ1n) is 8.81. The van der Waals surface area contributed by atoms with Gasteiger partial charge < -0.3 is 14.8 Å². The fourth-order valence-corrected chi connectivity index (χ4v) is 4.58. The number of benzene rings is 1. The number of aryl methyl sites for hydroxylation is 1. The minimum absolute atomic E-state index is 0.199. The number of aromatic nitrogens is 1. The van der Waals surface area contributed by atoms with Gasteiger partial charge in [0.05, 0.1) is 34.3 Å². The number of rotatable bonds is 8. The number of halogens is 1. The van der Waals surface area contributed by atoms with Crippen molar-refractivity contribution in [3.8, 4) is 22.1 Å². The largest absolute Gasteiger partial charge is 0.493 e. The quantitative estimate of drug-likeness (QED) is 0.526. The molecule has 5 nitrogen and oxygen atoms in total. The molecule has 0 aliphatic carbocycles. The van der Waals surface area contributed by atoms with Crippen LogP contribution in [0.1, 0.15) is 27.2 Å². The second-order valence-electron chi connectivity index (χ2n) is 5.95. The van der Waals surface area contributed by atoms with Gasteiger partial charge in [0.15, 0.2) is 11.5 Å². The molecular formula is C20H21ClN2O3S2. The number of thiazole rings is 1. The summed E-state index contributed by atoms with van der Waals surface area (Å²) in [6.45, 7) is 4.86. The zero-order chi connectivity index (χ0) is 20.1. The highest BCUT2D eigenvalue weighted by atomic mass is 35.5. The number of thiophene rings is 1. The molecule has 28 heavy (non-hydrogen) atoms. The first-order chi connectivity index (χ1) is 13.5. The van der Waals surface area contributed by atoms with Gasteiger partial charge in [-0.3, -0.25) is 4.79 Å². The van der Waals surface area contributed by atoms with E-state index in [1.807, 2.05) is 13.8 Å². The highest BCUT2D eigenvalue weighted by molar-refractivity contribution is 7.16. The molecule has 0 aliphatic heterocycles. The zero-order valence-electron chi connectivity index (χ0n) is 15.9. The third kappa shape index (κ3) is 4.84. The van der Waals surface area contributed by atoms with Crippen LogP contribution in [-0.2, 0) is 6.42 Å². The summed E-state index contributed by atoms with van der Waals surface area (Å²) < 4.78 is 10.8. The summed E-state index contributed by atoms with van der Waals surface area (Å²) in [5, 5.41) is 6.41. The first-order valence-corrected chi connectivity index (χ1v) is 10.9. The molecule has 1 amide bonds. The second kappa shape index (κ2) is 9.41. The number of ether oxygens (including phenoxy) is 2. The number of nitrogens with one attached hydrogen (secondary N) is 1. The molecule has 0 spiro atoms. The molecule has 8 heteroatoms. The average Bonchev–Trinajstić information content (AvgIpc) is 3.32.